The van der Waals surface area contributed by atoms with Crippen molar-refractivity contribution in [1.29, 1.82) is 5.26 Å². The van der Waals surface area contributed by atoms with Gasteiger partial charge in [0.25, 0.3) is 0 Å². The van der Waals surface area contributed by atoms with Gasteiger partial charge in [0, 0.05) is 22.3 Å². The Morgan fingerprint density at radius 2 is 2.24 bits per heavy atom. The summed E-state index contributed by atoms with van der Waals surface area (Å²) >= 11 is 5.91. The fourth-order valence-corrected chi connectivity index (χ4v) is 1.76. The summed E-state index contributed by atoms with van der Waals surface area (Å²) in [6.07, 6.45) is 4.12. The molecule has 2 aromatic rings. The highest BCUT2D eigenvalue weighted by atomic mass is 35.5. The maximum absolute atomic E-state index is 10.7. The molecule has 84 valence electrons. The minimum Gasteiger partial charge on any atom is -0.298 e. The van der Waals surface area contributed by atoms with Crippen LogP contribution in [0.3, 0.4) is 0 Å². The highest BCUT2D eigenvalue weighted by Crippen LogP contribution is 2.23. The number of hydrogen-bond donors (Lipinski definition) is 0. The van der Waals surface area contributed by atoms with E-state index in [0.717, 1.165) is 17.4 Å². The van der Waals surface area contributed by atoms with Crippen molar-refractivity contribution in [3.63, 3.8) is 0 Å². The molecule has 0 N–H and O–H groups in total. The smallest absolute Gasteiger partial charge is 0.150 e. The molecule has 0 saturated heterocycles. The first-order valence-corrected chi connectivity index (χ1v) is 5.26. The van der Waals surface area contributed by atoms with Crippen molar-refractivity contribution in [2.45, 2.75) is 6.54 Å². The van der Waals surface area contributed by atoms with Crippen molar-refractivity contribution in [3.8, 4) is 17.2 Å². The van der Waals surface area contributed by atoms with Gasteiger partial charge in [-0.1, -0.05) is 11.6 Å². The summed E-state index contributed by atoms with van der Waals surface area (Å²) in [6.45, 7) is 0.196. The lowest BCUT2D eigenvalue weighted by Gasteiger charge is -2.00. The minimum atomic E-state index is 0.196. The van der Waals surface area contributed by atoms with Gasteiger partial charge in [0.1, 0.15) is 12.8 Å². The van der Waals surface area contributed by atoms with Crippen LogP contribution in [0.2, 0.25) is 5.02 Å². The molecule has 2 rings (SSSR count). The maximum Gasteiger partial charge on any atom is 0.150 e. The van der Waals surface area contributed by atoms with Crippen molar-refractivity contribution < 1.29 is 4.79 Å². The van der Waals surface area contributed by atoms with Crippen LogP contribution < -0.4 is 0 Å². The Kier molecular flexibility index (Phi) is 3.22. The van der Waals surface area contributed by atoms with Crippen molar-refractivity contribution in [3.05, 3.63) is 41.2 Å². The largest absolute Gasteiger partial charge is 0.298 e. The zero-order valence-corrected chi connectivity index (χ0v) is 9.55. The number of halogens is 1. The molecule has 0 fully saturated rings. The molecular formula is C12H8ClN3O. The Bertz CT molecular complexity index is 598. The molecule has 0 unspecified atom stereocenters. The van der Waals surface area contributed by atoms with E-state index in [1.54, 1.807) is 30.6 Å². The Labute approximate surface area is 103 Å². The van der Waals surface area contributed by atoms with Crippen molar-refractivity contribution in [2.75, 3.05) is 0 Å². The molecule has 1 aromatic heterocycles. The molecular weight excluding hydrogens is 238 g/mol. The Hall–Kier alpha value is -2.12. The normalized spacial score (nSPS) is 9.88. The zero-order valence-electron chi connectivity index (χ0n) is 8.80. The highest BCUT2D eigenvalue weighted by molar-refractivity contribution is 6.31. The summed E-state index contributed by atoms with van der Waals surface area (Å²) in [5.74, 6) is 0. The van der Waals surface area contributed by atoms with E-state index >= 15 is 0 Å². The van der Waals surface area contributed by atoms with Gasteiger partial charge in [0.2, 0.25) is 0 Å². The Morgan fingerprint density at radius 3 is 2.94 bits per heavy atom. The van der Waals surface area contributed by atoms with Crippen LogP contribution in [0.1, 0.15) is 10.4 Å². The van der Waals surface area contributed by atoms with E-state index in [1.807, 2.05) is 6.07 Å². The van der Waals surface area contributed by atoms with Crippen molar-refractivity contribution in [1.82, 2.24) is 9.78 Å². The molecule has 0 radical (unpaired) electrons. The number of carbonyl (C=O) groups is 1. The molecule has 0 atom stereocenters. The molecule has 0 aliphatic rings. The number of benzene rings is 1. The first-order chi connectivity index (χ1) is 8.22. The summed E-state index contributed by atoms with van der Waals surface area (Å²) in [6, 6.07) is 7.08. The summed E-state index contributed by atoms with van der Waals surface area (Å²) in [7, 11) is 0. The first-order valence-electron chi connectivity index (χ1n) is 4.88. The summed E-state index contributed by atoms with van der Waals surface area (Å²) in [5, 5.41) is 13.1. The standard InChI is InChI=1S/C12H8ClN3O/c13-12-4-9(8-17)3-10(5-12)11-6-15-16(7-11)2-1-14/h3-8H,2H2. The predicted molar refractivity (Wildman–Crippen MR) is 63.7 cm³/mol. The van der Waals surface area contributed by atoms with Gasteiger partial charge in [0.05, 0.1) is 12.3 Å². The number of rotatable bonds is 3. The van der Waals surface area contributed by atoms with E-state index in [9.17, 15) is 4.79 Å². The zero-order chi connectivity index (χ0) is 12.3. The van der Waals surface area contributed by atoms with E-state index < -0.39 is 0 Å². The monoisotopic (exact) mass is 245 g/mol. The molecule has 0 saturated carbocycles. The number of nitrogens with zero attached hydrogens (tertiary/aromatic N) is 3. The second-order valence-electron chi connectivity index (χ2n) is 3.48. The number of carbonyl (C=O) groups excluding carboxylic acids is 1. The van der Waals surface area contributed by atoms with Crippen LogP contribution in [0.25, 0.3) is 11.1 Å². The van der Waals surface area contributed by atoms with E-state index in [1.165, 1.54) is 4.68 Å². The number of nitriles is 1. The molecule has 5 heteroatoms. The SMILES string of the molecule is N#CCn1cc(-c2cc(Cl)cc(C=O)c2)cn1. The van der Waals surface area contributed by atoms with Crippen LogP contribution in [-0.2, 0) is 6.54 Å². The van der Waals surface area contributed by atoms with Gasteiger partial charge in [-0.25, -0.2) is 0 Å². The average molecular weight is 246 g/mol. The Balaban J connectivity index is 2.41. The maximum atomic E-state index is 10.7. The third kappa shape index (κ3) is 2.52. The van der Waals surface area contributed by atoms with Gasteiger partial charge in [-0.3, -0.25) is 9.48 Å². The third-order valence-electron chi connectivity index (χ3n) is 2.26. The lowest BCUT2D eigenvalue weighted by Crippen LogP contribution is -1.94. The average Bonchev–Trinajstić information content (AvgIpc) is 2.77. The molecule has 0 bridgehead atoms. The van der Waals surface area contributed by atoms with E-state index in [4.69, 9.17) is 16.9 Å². The van der Waals surface area contributed by atoms with Crippen LogP contribution in [0.5, 0.6) is 0 Å². The molecule has 0 aliphatic heterocycles. The summed E-state index contributed by atoms with van der Waals surface area (Å²) in [4.78, 5) is 10.7. The van der Waals surface area contributed by atoms with E-state index in [2.05, 4.69) is 5.10 Å². The molecule has 0 spiro atoms. The van der Waals surface area contributed by atoms with Gasteiger partial charge >= 0.3 is 0 Å². The third-order valence-corrected chi connectivity index (χ3v) is 2.47. The summed E-state index contributed by atoms with van der Waals surface area (Å²) in [5.41, 5.74) is 2.15. The van der Waals surface area contributed by atoms with Crippen LogP contribution in [0, 0.1) is 11.3 Å². The second kappa shape index (κ2) is 4.81. The van der Waals surface area contributed by atoms with E-state index in [0.29, 0.717) is 10.6 Å². The fraction of sp³-hybridized carbons (Fsp3) is 0.0833. The van der Waals surface area contributed by atoms with Gasteiger partial charge in [-0.05, 0) is 23.8 Å². The van der Waals surface area contributed by atoms with Crippen LogP contribution in [-0.4, -0.2) is 16.1 Å². The van der Waals surface area contributed by atoms with Gasteiger partial charge < -0.3 is 0 Å². The first kappa shape index (κ1) is 11.4. The molecule has 0 aliphatic carbocycles. The predicted octanol–water partition coefficient (Wildman–Crippen LogP) is 2.54. The molecule has 1 aromatic carbocycles. The topological polar surface area (TPSA) is 58.7 Å². The number of aromatic nitrogens is 2. The lowest BCUT2D eigenvalue weighted by atomic mass is 10.1. The molecule has 4 nitrogen and oxygen atoms in total. The van der Waals surface area contributed by atoms with Crippen molar-refractivity contribution >= 4 is 17.9 Å². The second-order valence-corrected chi connectivity index (χ2v) is 3.91. The minimum absolute atomic E-state index is 0.196. The van der Waals surface area contributed by atoms with Crippen LogP contribution in [0.15, 0.2) is 30.6 Å². The number of aldehydes is 1. The van der Waals surface area contributed by atoms with Crippen LogP contribution >= 0.6 is 11.6 Å². The molecule has 1 heterocycles. The van der Waals surface area contributed by atoms with Gasteiger partial charge in [-0.15, -0.1) is 0 Å². The van der Waals surface area contributed by atoms with Crippen LogP contribution in [0.4, 0.5) is 0 Å². The molecule has 0 amide bonds. The van der Waals surface area contributed by atoms with Gasteiger partial charge in [-0.2, -0.15) is 10.4 Å². The van der Waals surface area contributed by atoms with E-state index in [-0.39, 0.29) is 6.54 Å². The summed E-state index contributed by atoms with van der Waals surface area (Å²) < 4.78 is 1.52. The Morgan fingerprint density at radius 1 is 1.41 bits per heavy atom. The highest BCUT2D eigenvalue weighted by Gasteiger charge is 2.04. The quantitative estimate of drug-likeness (QED) is 0.781. The molecule has 17 heavy (non-hydrogen) atoms. The van der Waals surface area contributed by atoms with Gasteiger partial charge in [0.15, 0.2) is 0 Å². The fourth-order valence-electron chi connectivity index (χ4n) is 1.52. The number of hydrogen-bond acceptors (Lipinski definition) is 3. The lowest BCUT2D eigenvalue weighted by molar-refractivity contribution is 0.112. The van der Waals surface area contributed by atoms with Crippen molar-refractivity contribution in [2.24, 2.45) is 0 Å².